The van der Waals surface area contributed by atoms with Gasteiger partial charge >= 0.3 is 0 Å². The first kappa shape index (κ1) is 18.3. The summed E-state index contributed by atoms with van der Waals surface area (Å²) in [4.78, 5) is 28.8. The van der Waals surface area contributed by atoms with Crippen LogP contribution < -0.4 is 4.74 Å². The van der Waals surface area contributed by atoms with Gasteiger partial charge in [0, 0.05) is 26.1 Å². The van der Waals surface area contributed by atoms with Crippen LogP contribution in [0.4, 0.5) is 0 Å². The zero-order valence-corrected chi connectivity index (χ0v) is 15.0. The van der Waals surface area contributed by atoms with Crippen LogP contribution in [0.15, 0.2) is 24.3 Å². The molecule has 0 bridgehead atoms. The molecule has 0 radical (unpaired) electrons. The largest absolute Gasteiger partial charge is 0.497 e. The van der Waals surface area contributed by atoms with Crippen LogP contribution in [0.2, 0.25) is 0 Å². The molecule has 1 aliphatic heterocycles. The van der Waals surface area contributed by atoms with Gasteiger partial charge in [0.1, 0.15) is 11.8 Å². The van der Waals surface area contributed by atoms with E-state index < -0.39 is 0 Å². The van der Waals surface area contributed by atoms with Gasteiger partial charge in [0.2, 0.25) is 11.8 Å². The Labute approximate surface area is 144 Å². The second-order valence-corrected chi connectivity index (χ2v) is 6.10. The Hall–Kier alpha value is -2.04. The number of hydrogen-bond acceptors (Lipinski definition) is 3. The zero-order chi connectivity index (χ0) is 17.5. The summed E-state index contributed by atoms with van der Waals surface area (Å²) in [5, 5.41) is 0. The molecule has 0 aromatic heterocycles. The van der Waals surface area contributed by atoms with E-state index in [4.69, 9.17) is 4.74 Å². The molecule has 132 valence electrons. The van der Waals surface area contributed by atoms with Gasteiger partial charge in [0.25, 0.3) is 0 Å². The van der Waals surface area contributed by atoms with Gasteiger partial charge in [-0.15, -0.1) is 0 Å². The van der Waals surface area contributed by atoms with Crippen LogP contribution in [0.5, 0.6) is 5.75 Å². The number of benzene rings is 1. The van der Waals surface area contributed by atoms with Crippen LogP contribution >= 0.6 is 0 Å². The number of ether oxygens (including phenoxy) is 1. The van der Waals surface area contributed by atoms with E-state index in [0.717, 1.165) is 24.2 Å². The summed E-state index contributed by atoms with van der Waals surface area (Å²) in [5.74, 6) is 0.985. The van der Waals surface area contributed by atoms with Gasteiger partial charge in [-0.2, -0.15) is 0 Å². The molecule has 1 atom stereocenters. The monoisotopic (exact) mass is 332 g/mol. The average molecular weight is 332 g/mol. The van der Waals surface area contributed by atoms with Crippen LogP contribution in [0.3, 0.4) is 0 Å². The third-order valence-electron chi connectivity index (χ3n) is 4.72. The van der Waals surface area contributed by atoms with E-state index in [1.807, 2.05) is 43.0 Å². The standard InChI is InChI=1S/C19H28N2O3/c1-4-20(5-2)19(23)17-7-6-14-21(17)18(22)13-10-15-8-11-16(24-3)12-9-15/h8-9,11-12,17H,4-7,10,13-14H2,1-3H3/t17-/m0/s1. The molecular formula is C19H28N2O3. The second kappa shape index (κ2) is 8.71. The van der Waals surface area contributed by atoms with Crippen molar-refractivity contribution in [2.24, 2.45) is 0 Å². The molecule has 0 spiro atoms. The Kier molecular flexibility index (Phi) is 6.64. The van der Waals surface area contributed by atoms with Crippen LogP contribution in [0.1, 0.15) is 38.7 Å². The molecule has 1 fully saturated rings. The maximum absolute atomic E-state index is 12.6. The first-order valence-electron chi connectivity index (χ1n) is 8.81. The van der Waals surface area contributed by atoms with Gasteiger partial charge in [-0.3, -0.25) is 9.59 Å². The minimum Gasteiger partial charge on any atom is -0.497 e. The Morgan fingerprint density at radius 3 is 2.46 bits per heavy atom. The van der Waals surface area contributed by atoms with E-state index in [9.17, 15) is 9.59 Å². The second-order valence-electron chi connectivity index (χ2n) is 6.10. The molecular weight excluding hydrogens is 304 g/mol. The topological polar surface area (TPSA) is 49.9 Å². The lowest BCUT2D eigenvalue weighted by molar-refractivity contribution is -0.143. The van der Waals surface area contributed by atoms with Gasteiger partial charge in [0.15, 0.2) is 0 Å². The predicted octanol–water partition coefficient (Wildman–Crippen LogP) is 2.49. The van der Waals surface area contributed by atoms with Gasteiger partial charge in [0.05, 0.1) is 7.11 Å². The molecule has 1 aliphatic rings. The predicted molar refractivity (Wildman–Crippen MR) is 94.0 cm³/mol. The molecule has 5 nitrogen and oxygen atoms in total. The average Bonchev–Trinajstić information content (AvgIpc) is 3.11. The molecule has 0 saturated carbocycles. The number of amides is 2. The fourth-order valence-electron chi connectivity index (χ4n) is 3.26. The van der Waals surface area contributed by atoms with E-state index in [1.165, 1.54) is 0 Å². The number of nitrogens with zero attached hydrogens (tertiary/aromatic N) is 2. The Morgan fingerprint density at radius 2 is 1.88 bits per heavy atom. The lowest BCUT2D eigenvalue weighted by atomic mass is 10.1. The summed E-state index contributed by atoms with van der Waals surface area (Å²) in [6.07, 6.45) is 2.81. The SMILES string of the molecule is CCN(CC)C(=O)[C@@H]1CCCN1C(=O)CCc1ccc(OC)cc1. The third kappa shape index (κ3) is 4.28. The van der Waals surface area contributed by atoms with E-state index in [0.29, 0.717) is 32.5 Å². The fraction of sp³-hybridized carbons (Fsp3) is 0.579. The molecule has 1 saturated heterocycles. The fourth-order valence-corrected chi connectivity index (χ4v) is 3.26. The lowest BCUT2D eigenvalue weighted by Gasteiger charge is -2.29. The van der Waals surface area contributed by atoms with E-state index in [-0.39, 0.29) is 17.9 Å². The molecule has 0 N–H and O–H groups in total. The molecule has 1 aromatic rings. The number of carbonyl (C=O) groups is 2. The molecule has 1 aromatic carbocycles. The van der Waals surface area contributed by atoms with Crippen molar-refractivity contribution in [1.29, 1.82) is 0 Å². The van der Waals surface area contributed by atoms with Crippen molar-refractivity contribution in [2.45, 2.75) is 45.6 Å². The number of hydrogen-bond donors (Lipinski definition) is 0. The molecule has 1 heterocycles. The summed E-state index contributed by atoms with van der Waals surface area (Å²) in [5.41, 5.74) is 1.11. The highest BCUT2D eigenvalue weighted by Crippen LogP contribution is 2.21. The number of rotatable bonds is 7. The van der Waals surface area contributed by atoms with Crippen molar-refractivity contribution >= 4 is 11.8 Å². The van der Waals surface area contributed by atoms with Crippen LogP contribution in [-0.4, -0.2) is 54.4 Å². The van der Waals surface area contributed by atoms with E-state index in [1.54, 1.807) is 12.0 Å². The lowest BCUT2D eigenvalue weighted by Crippen LogP contribution is -2.47. The van der Waals surface area contributed by atoms with Crippen molar-refractivity contribution in [3.8, 4) is 5.75 Å². The van der Waals surface area contributed by atoms with Crippen LogP contribution in [0.25, 0.3) is 0 Å². The number of likely N-dealkylation sites (N-methyl/N-ethyl adjacent to an activating group) is 1. The smallest absolute Gasteiger partial charge is 0.245 e. The maximum Gasteiger partial charge on any atom is 0.245 e. The molecule has 24 heavy (non-hydrogen) atoms. The molecule has 0 unspecified atom stereocenters. The Morgan fingerprint density at radius 1 is 1.21 bits per heavy atom. The summed E-state index contributed by atoms with van der Waals surface area (Å²) in [6, 6.07) is 7.50. The summed E-state index contributed by atoms with van der Waals surface area (Å²) in [7, 11) is 1.64. The number of methoxy groups -OCH3 is 1. The first-order valence-corrected chi connectivity index (χ1v) is 8.81. The minimum atomic E-state index is -0.270. The third-order valence-corrected chi connectivity index (χ3v) is 4.72. The summed E-state index contributed by atoms with van der Waals surface area (Å²) in [6.45, 7) is 6.04. The number of likely N-dealkylation sites (tertiary alicyclic amines) is 1. The molecule has 2 amide bonds. The highest BCUT2D eigenvalue weighted by atomic mass is 16.5. The van der Waals surface area contributed by atoms with Crippen molar-refractivity contribution in [1.82, 2.24) is 9.80 Å². The molecule has 0 aliphatic carbocycles. The van der Waals surface area contributed by atoms with Crippen LogP contribution in [-0.2, 0) is 16.0 Å². The first-order chi connectivity index (χ1) is 11.6. The van der Waals surface area contributed by atoms with Gasteiger partial charge < -0.3 is 14.5 Å². The quantitative estimate of drug-likeness (QED) is 0.771. The highest BCUT2D eigenvalue weighted by molar-refractivity contribution is 5.88. The Bertz CT molecular complexity index is 552. The van der Waals surface area contributed by atoms with Crippen molar-refractivity contribution in [2.75, 3.05) is 26.7 Å². The van der Waals surface area contributed by atoms with E-state index >= 15 is 0 Å². The minimum absolute atomic E-state index is 0.0776. The van der Waals surface area contributed by atoms with Gasteiger partial charge in [-0.25, -0.2) is 0 Å². The zero-order valence-electron chi connectivity index (χ0n) is 15.0. The van der Waals surface area contributed by atoms with Crippen molar-refractivity contribution in [3.63, 3.8) is 0 Å². The Balaban J connectivity index is 1.93. The van der Waals surface area contributed by atoms with Gasteiger partial charge in [-0.05, 0) is 50.8 Å². The number of carbonyl (C=O) groups excluding carboxylic acids is 2. The van der Waals surface area contributed by atoms with Crippen molar-refractivity contribution < 1.29 is 14.3 Å². The summed E-state index contributed by atoms with van der Waals surface area (Å²) < 4.78 is 5.14. The van der Waals surface area contributed by atoms with Crippen LogP contribution in [0, 0.1) is 0 Å². The summed E-state index contributed by atoms with van der Waals surface area (Å²) >= 11 is 0. The molecule has 2 rings (SSSR count). The normalized spacial score (nSPS) is 17.0. The van der Waals surface area contributed by atoms with Gasteiger partial charge in [-0.1, -0.05) is 12.1 Å². The highest BCUT2D eigenvalue weighted by Gasteiger charge is 2.35. The van der Waals surface area contributed by atoms with E-state index in [2.05, 4.69) is 0 Å². The molecule has 5 heteroatoms. The maximum atomic E-state index is 12.6. The number of aryl methyl sites for hydroxylation is 1. The van der Waals surface area contributed by atoms with Crippen molar-refractivity contribution in [3.05, 3.63) is 29.8 Å².